The molecule has 170 valence electrons. The maximum absolute atomic E-state index is 14.9. The van der Waals surface area contributed by atoms with Gasteiger partial charge in [0.05, 0.1) is 29.4 Å². The number of anilines is 1. The number of amides is 1. The fourth-order valence-electron chi connectivity index (χ4n) is 3.91. The van der Waals surface area contributed by atoms with Gasteiger partial charge >= 0.3 is 0 Å². The third-order valence-electron chi connectivity index (χ3n) is 5.42. The third kappa shape index (κ3) is 4.14. The fourth-order valence-corrected chi connectivity index (χ4v) is 3.91. The lowest BCUT2D eigenvalue weighted by Crippen LogP contribution is -2.29. The van der Waals surface area contributed by atoms with Gasteiger partial charge in [-0.1, -0.05) is 18.2 Å². The van der Waals surface area contributed by atoms with Crippen LogP contribution in [-0.2, 0) is 9.59 Å². The minimum Gasteiger partial charge on any atom is -0.507 e. The number of benzene rings is 3. The number of aliphatic hydroxyl groups excluding tert-OH is 1. The molecule has 0 aromatic heterocycles. The van der Waals surface area contributed by atoms with E-state index < -0.39 is 29.3 Å². The molecule has 0 radical (unpaired) electrons. The van der Waals surface area contributed by atoms with Crippen LogP contribution in [0.15, 0.2) is 78.4 Å². The second-order valence-corrected chi connectivity index (χ2v) is 8.04. The highest BCUT2D eigenvalue weighted by Gasteiger charge is 2.47. The predicted octanol–water partition coefficient (Wildman–Crippen LogP) is 5.11. The number of ether oxygens (including phenoxy) is 1. The van der Waals surface area contributed by atoms with Gasteiger partial charge in [0.2, 0.25) is 0 Å². The molecule has 7 heteroatoms. The summed E-state index contributed by atoms with van der Waals surface area (Å²) in [4.78, 5) is 27.4. The molecule has 6 nitrogen and oxygen atoms in total. The second-order valence-electron chi connectivity index (χ2n) is 8.04. The summed E-state index contributed by atoms with van der Waals surface area (Å²) < 4.78 is 20.5. The van der Waals surface area contributed by atoms with Crippen LogP contribution in [0.2, 0.25) is 0 Å². The van der Waals surface area contributed by atoms with Crippen LogP contribution < -0.4 is 9.64 Å². The minimum absolute atomic E-state index is 0.0433. The van der Waals surface area contributed by atoms with Crippen LogP contribution in [0.1, 0.15) is 36.6 Å². The van der Waals surface area contributed by atoms with E-state index in [2.05, 4.69) is 0 Å². The van der Waals surface area contributed by atoms with Gasteiger partial charge in [0.1, 0.15) is 17.3 Å². The number of hydrogen-bond acceptors (Lipinski definition) is 5. The van der Waals surface area contributed by atoms with Crippen molar-refractivity contribution in [2.45, 2.75) is 26.0 Å². The molecule has 1 N–H and O–H groups in total. The first kappa shape index (κ1) is 22.7. The molecule has 3 aromatic rings. The lowest BCUT2D eigenvalue weighted by Gasteiger charge is -2.25. The van der Waals surface area contributed by atoms with Crippen molar-refractivity contribution in [2.24, 2.45) is 0 Å². The van der Waals surface area contributed by atoms with Crippen molar-refractivity contribution in [3.8, 4) is 11.8 Å². The summed E-state index contributed by atoms with van der Waals surface area (Å²) in [5, 5.41) is 20.2. The zero-order valence-electron chi connectivity index (χ0n) is 18.5. The molecule has 4 rings (SSSR count). The molecule has 0 bridgehead atoms. The number of carbonyl (C=O) groups is 2. The summed E-state index contributed by atoms with van der Waals surface area (Å²) in [5.41, 5.74) is 0.792. The molecule has 1 heterocycles. The molecule has 0 aliphatic carbocycles. The maximum atomic E-state index is 14.9. The van der Waals surface area contributed by atoms with Gasteiger partial charge in [0, 0.05) is 16.8 Å². The first-order chi connectivity index (χ1) is 16.3. The van der Waals surface area contributed by atoms with Crippen LogP contribution in [-0.4, -0.2) is 22.9 Å². The summed E-state index contributed by atoms with van der Waals surface area (Å²) >= 11 is 0. The number of halogens is 1. The average molecular weight is 456 g/mol. The zero-order valence-corrected chi connectivity index (χ0v) is 18.5. The Morgan fingerprint density at radius 3 is 2.26 bits per heavy atom. The van der Waals surface area contributed by atoms with Crippen LogP contribution in [0, 0.1) is 17.1 Å². The van der Waals surface area contributed by atoms with E-state index >= 15 is 0 Å². The minimum atomic E-state index is -1.19. The van der Waals surface area contributed by atoms with Crippen molar-refractivity contribution in [1.82, 2.24) is 0 Å². The highest BCUT2D eigenvalue weighted by molar-refractivity contribution is 6.51. The first-order valence-corrected chi connectivity index (χ1v) is 10.6. The monoisotopic (exact) mass is 456 g/mol. The molecular formula is C27H21FN2O4. The fraction of sp³-hybridized carbons (Fsp3) is 0.148. The van der Waals surface area contributed by atoms with Gasteiger partial charge < -0.3 is 9.84 Å². The van der Waals surface area contributed by atoms with Crippen LogP contribution >= 0.6 is 0 Å². The molecule has 1 amide bonds. The summed E-state index contributed by atoms with van der Waals surface area (Å²) in [7, 11) is 0. The van der Waals surface area contributed by atoms with Gasteiger partial charge in [0.25, 0.3) is 11.7 Å². The third-order valence-corrected chi connectivity index (χ3v) is 5.42. The van der Waals surface area contributed by atoms with Gasteiger partial charge in [0.15, 0.2) is 0 Å². The maximum Gasteiger partial charge on any atom is 0.300 e. The van der Waals surface area contributed by atoms with Gasteiger partial charge in [-0.2, -0.15) is 5.26 Å². The highest BCUT2D eigenvalue weighted by atomic mass is 19.1. The second kappa shape index (κ2) is 9.20. The van der Waals surface area contributed by atoms with Crippen LogP contribution in [0.5, 0.6) is 5.75 Å². The van der Waals surface area contributed by atoms with Crippen LogP contribution in [0.4, 0.5) is 10.1 Å². The standard InChI is InChI=1S/C27H21FN2O4/c1-16(2)34-20-13-9-18(10-14-20)25(31)23-24(21-5-3-4-6-22(21)28)30(27(33)26(23)32)19-11-7-17(15-29)8-12-19/h3-14,16,24,31H,1-2H3/b25-23-. The van der Waals surface area contributed by atoms with Crippen molar-refractivity contribution in [2.75, 3.05) is 4.90 Å². The van der Waals surface area contributed by atoms with E-state index in [0.717, 1.165) is 4.90 Å². The SMILES string of the molecule is CC(C)Oc1ccc(/C(O)=C2/C(=O)C(=O)N(c3ccc(C#N)cc3)C2c2ccccc2F)cc1. The summed E-state index contributed by atoms with van der Waals surface area (Å²) in [6, 6.07) is 19.0. The van der Waals surface area contributed by atoms with E-state index in [0.29, 0.717) is 17.0 Å². The number of nitriles is 1. The molecular weight excluding hydrogens is 435 g/mol. The number of nitrogens with zero attached hydrogens (tertiary/aromatic N) is 2. The van der Waals surface area contributed by atoms with Crippen molar-refractivity contribution >= 4 is 23.1 Å². The van der Waals surface area contributed by atoms with Gasteiger partial charge in [-0.3, -0.25) is 14.5 Å². The summed E-state index contributed by atoms with van der Waals surface area (Å²) in [5.74, 6) is -2.30. The van der Waals surface area contributed by atoms with Crippen molar-refractivity contribution < 1.29 is 23.8 Å². The smallest absolute Gasteiger partial charge is 0.300 e. The lowest BCUT2D eigenvalue weighted by molar-refractivity contribution is -0.132. The Balaban J connectivity index is 1.88. The van der Waals surface area contributed by atoms with Gasteiger partial charge in [-0.25, -0.2) is 4.39 Å². The number of ketones is 1. The number of carbonyl (C=O) groups excluding carboxylic acids is 2. The Morgan fingerprint density at radius 2 is 1.68 bits per heavy atom. The Labute approximate surface area is 196 Å². The van der Waals surface area contributed by atoms with Crippen LogP contribution in [0.3, 0.4) is 0 Å². The molecule has 3 aromatic carbocycles. The van der Waals surface area contributed by atoms with E-state index in [9.17, 15) is 19.1 Å². The molecule has 0 saturated carbocycles. The predicted molar refractivity (Wildman–Crippen MR) is 125 cm³/mol. The molecule has 1 aliphatic rings. The lowest BCUT2D eigenvalue weighted by atomic mass is 9.94. The molecule has 1 saturated heterocycles. The molecule has 0 spiro atoms. The van der Waals surface area contributed by atoms with E-state index in [1.165, 1.54) is 42.5 Å². The Kier molecular flexibility index (Phi) is 6.15. The molecule has 1 atom stereocenters. The average Bonchev–Trinajstić information content (AvgIpc) is 3.09. The van der Waals surface area contributed by atoms with Gasteiger partial charge in [-0.05, 0) is 68.4 Å². The topological polar surface area (TPSA) is 90.6 Å². The normalized spacial score (nSPS) is 17.1. The zero-order chi connectivity index (χ0) is 24.4. The van der Waals surface area contributed by atoms with E-state index in [4.69, 9.17) is 10.00 Å². The molecule has 34 heavy (non-hydrogen) atoms. The molecule has 1 aliphatic heterocycles. The Morgan fingerprint density at radius 1 is 1.03 bits per heavy atom. The summed E-state index contributed by atoms with van der Waals surface area (Å²) in [6.45, 7) is 3.76. The molecule has 1 unspecified atom stereocenters. The van der Waals surface area contributed by atoms with Gasteiger partial charge in [-0.15, -0.1) is 0 Å². The molecule has 1 fully saturated rings. The van der Waals surface area contributed by atoms with Crippen LogP contribution in [0.25, 0.3) is 5.76 Å². The summed E-state index contributed by atoms with van der Waals surface area (Å²) in [6.07, 6.45) is -0.0433. The van der Waals surface area contributed by atoms with E-state index in [-0.39, 0.29) is 22.8 Å². The Bertz CT molecular complexity index is 1320. The first-order valence-electron chi connectivity index (χ1n) is 10.6. The quantitative estimate of drug-likeness (QED) is 0.327. The number of aliphatic hydroxyl groups is 1. The number of Topliss-reactive ketones (excluding diaryl/α,β-unsaturated/α-hetero) is 1. The van der Waals surface area contributed by atoms with Crippen molar-refractivity contribution in [3.63, 3.8) is 0 Å². The van der Waals surface area contributed by atoms with Crippen molar-refractivity contribution in [1.29, 1.82) is 5.26 Å². The largest absolute Gasteiger partial charge is 0.507 e. The number of hydrogen-bond donors (Lipinski definition) is 1. The highest BCUT2D eigenvalue weighted by Crippen LogP contribution is 2.43. The Hall–Kier alpha value is -4.44. The number of rotatable bonds is 5. The van der Waals surface area contributed by atoms with E-state index in [1.807, 2.05) is 19.9 Å². The van der Waals surface area contributed by atoms with E-state index in [1.54, 1.807) is 30.3 Å². The van der Waals surface area contributed by atoms with Crippen molar-refractivity contribution in [3.05, 3.63) is 101 Å².